The normalized spacial score (nSPS) is 11.3. The summed E-state index contributed by atoms with van der Waals surface area (Å²) < 4.78 is 12.3. The van der Waals surface area contributed by atoms with E-state index in [1.165, 1.54) is 17.3 Å². The molecular weight excluding hydrogens is 366 g/mol. The zero-order valence-electron chi connectivity index (χ0n) is 14.6. The maximum Gasteiger partial charge on any atom is 0.338 e. The number of aromatic nitrogens is 3. The fourth-order valence-corrected chi connectivity index (χ4v) is 2.28. The van der Waals surface area contributed by atoms with Crippen molar-refractivity contribution < 1.29 is 19.4 Å². The SMILES string of the molecule is O=C(OCc1ccccc1)c1ccc(OC[C@@H](O)Cn2cncn2)cc1.S. The summed E-state index contributed by atoms with van der Waals surface area (Å²) in [5, 5.41) is 13.8. The van der Waals surface area contributed by atoms with Crippen LogP contribution in [-0.4, -0.2) is 38.6 Å². The van der Waals surface area contributed by atoms with Gasteiger partial charge in [0.15, 0.2) is 0 Å². The summed E-state index contributed by atoms with van der Waals surface area (Å²) in [7, 11) is 0. The molecule has 0 fully saturated rings. The molecule has 142 valence electrons. The minimum Gasteiger partial charge on any atom is -0.491 e. The van der Waals surface area contributed by atoms with Crippen LogP contribution in [0.15, 0.2) is 67.3 Å². The standard InChI is InChI=1S/C19H19N3O4.H2S/c23-17(10-22-14-20-13-21-22)12-25-18-8-6-16(7-9-18)19(24)26-11-15-4-2-1-3-5-15;/h1-9,13-14,17,23H,10-12H2;1H2/t17-;/m0./s1. The molecule has 3 aromatic rings. The first-order valence-corrected chi connectivity index (χ1v) is 8.15. The van der Waals surface area contributed by atoms with Crippen LogP contribution < -0.4 is 4.74 Å². The average Bonchev–Trinajstić information content (AvgIpc) is 3.18. The fourth-order valence-electron chi connectivity index (χ4n) is 2.28. The Bertz CT molecular complexity index is 811. The van der Waals surface area contributed by atoms with E-state index in [2.05, 4.69) is 10.1 Å². The molecule has 0 aliphatic carbocycles. The summed E-state index contributed by atoms with van der Waals surface area (Å²) in [4.78, 5) is 15.9. The van der Waals surface area contributed by atoms with Gasteiger partial charge in [0.05, 0.1) is 12.1 Å². The highest BCUT2D eigenvalue weighted by atomic mass is 32.1. The van der Waals surface area contributed by atoms with Gasteiger partial charge in [0.1, 0.15) is 37.7 Å². The van der Waals surface area contributed by atoms with E-state index >= 15 is 0 Å². The second-order valence-corrected chi connectivity index (χ2v) is 5.67. The van der Waals surface area contributed by atoms with Gasteiger partial charge in [-0.1, -0.05) is 30.3 Å². The maximum atomic E-state index is 12.1. The average molecular weight is 387 g/mol. The lowest BCUT2D eigenvalue weighted by Crippen LogP contribution is -2.23. The molecule has 0 bridgehead atoms. The third-order valence-electron chi connectivity index (χ3n) is 3.61. The number of benzene rings is 2. The van der Waals surface area contributed by atoms with Crippen molar-refractivity contribution in [3.63, 3.8) is 0 Å². The molecule has 0 aliphatic heterocycles. The smallest absolute Gasteiger partial charge is 0.338 e. The topological polar surface area (TPSA) is 86.5 Å². The van der Waals surface area contributed by atoms with Crippen molar-refractivity contribution in [3.05, 3.63) is 78.4 Å². The number of nitrogens with zero attached hydrogens (tertiary/aromatic N) is 3. The van der Waals surface area contributed by atoms with Crippen LogP contribution in [-0.2, 0) is 17.9 Å². The van der Waals surface area contributed by atoms with E-state index in [1.54, 1.807) is 24.3 Å². The Morgan fingerprint density at radius 2 is 1.85 bits per heavy atom. The number of aliphatic hydroxyl groups is 1. The van der Waals surface area contributed by atoms with Crippen LogP contribution in [0.3, 0.4) is 0 Å². The molecule has 0 spiro atoms. The molecule has 0 aliphatic rings. The highest BCUT2D eigenvalue weighted by Gasteiger charge is 2.09. The minimum absolute atomic E-state index is 0. The van der Waals surface area contributed by atoms with Gasteiger partial charge in [-0.05, 0) is 29.8 Å². The summed E-state index contributed by atoms with van der Waals surface area (Å²) in [6.07, 6.45) is 2.22. The van der Waals surface area contributed by atoms with E-state index in [1.807, 2.05) is 30.3 Å². The number of aliphatic hydroxyl groups excluding tert-OH is 1. The third kappa shape index (κ3) is 6.43. The van der Waals surface area contributed by atoms with Crippen molar-refractivity contribution in [2.45, 2.75) is 19.3 Å². The highest BCUT2D eigenvalue weighted by Crippen LogP contribution is 2.14. The summed E-state index contributed by atoms with van der Waals surface area (Å²) in [5.41, 5.74) is 1.37. The zero-order valence-corrected chi connectivity index (χ0v) is 15.6. The van der Waals surface area contributed by atoms with E-state index in [0.717, 1.165) is 5.56 Å². The first kappa shape index (κ1) is 20.5. The number of rotatable bonds is 8. The van der Waals surface area contributed by atoms with Crippen molar-refractivity contribution in [2.24, 2.45) is 0 Å². The summed E-state index contributed by atoms with van der Waals surface area (Å²) in [5.74, 6) is 0.161. The van der Waals surface area contributed by atoms with Gasteiger partial charge in [0.2, 0.25) is 0 Å². The number of hydrogen-bond donors (Lipinski definition) is 1. The fraction of sp³-hybridized carbons (Fsp3) is 0.211. The van der Waals surface area contributed by atoms with Gasteiger partial charge < -0.3 is 14.6 Å². The lowest BCUT2D eigenvalue weighted by atomic mass is 10.2. The number of carbonyl (C=O) groups is 1. The molecule has 0 saturated heterocycles. The van der Waals surface area contributed by atoms with Gasteiger partial charge in [-0.2, -0.15) is 18.6 Å². The Balaban J connectivity index is 0.00000261. The van der Waals surface area contributed by atoms with Crippen molar-refractivity contribution in [1.29, 1.82) is 0 Å². The molecular formula is C19H21N3O4S. The van der Waals surface area contributed by atoms with Crippen LogP contribution in [0.25, 0.3) is 0 Å². The summed E-state index contributed by atoms with van der Waals surface area (Å²) in [6, 6.07) is 16.1. The van der Waals surface area contributed by atoms with Crippen LogP contribution in [0.4, 0.5) is 0 Å². The Kier molecular flexibility index (Phi) is 7.84. The number of hydrogen-bond acceptors (Lipinski definition) is 6. The van der Waals surface area contributed by atoms with Crippen LogP contribution >= 0.6 is 13.5 Å². The Labute approximate surface area is 164 Å². The van der Waals surface area contributed by atoms with Crippen molar-refractivity contribution >= 4 is 19.5 Å². The monoisotopic (exact) mass is 387 g/mol. The predicted molar refractivity (Wildman–Crippen MR) is 104 cm³/mol. The van der Waals surface area contributed by atoms with Crippen LogP contribution in [0, 0.1) is 0 Å². The first-order valence-electron chi connectivity index (χ1n) is 8.15. The lowest BCUT2D eigenvalue weighted by Gasteiger charge is -2.12. The highest BCUT2D eigenvalue weighted by molar-refractivity contribution is 7.59. The second-order valence-electron chi connectivity index (χ2n) is 5.67. The number of carbonyl (C=O) groups excluding carboxylic acids is 1. The molecule has 1 N–H and O–H groups in total. The molecule has 1 aromatic heterocycles. The van der Waals surface area contributed by atoms with E-state index in [4.69, 9.17) is 9.47 Å². The van der Waals surface area contributed by atoms with E-state index < -0.39 is 12.1 Å². The molecule has 1 atom stereocenters. The van der Waals surface area contributed by atoms with E-state index in [-0.39, 0.29) is 26.7 Å². The van der Waals surface area contributed by atoms with Gasteiger partial charge in [-0.3, -0.25) is 4.68 Å². The molecule has 3 rings (SSSR count). The van der Waals surface area contributed by atoms with E-state index in [0.29, 0.717) is 17.9 Å². The minimum atomic E-state index is -0.716. The van der Waals surface area contributed by atoms with E-state index in [9.17, 15) is 9.90 Å². The molecule has 2 aromatic carbocycles. The van der Waals surface area contributed by atoms with Crippen molar-refractivity contribution in [2.75, 3.05) is 6.61 Å². The van der Waals surface area contributed by atoms with Gasteiger partial charge in [-0.25, -0.2) is 9.78 Å². The molecule has 1 heterocycles. The van der Waals surface area contributed by atoms with Gasteiger partial charge in [-0.15, -0.1) is 0 Å². The molecule has 27 heavy (non-hydrogen) atoms. The van der Waals surface area contributed by atoms with Gasteiger partial charge >= 0.3 is 5.97 Å². The third-order valence-corrected chi connectivity index (χ3v) is 3.61. The lowest BCUT2D eigenvalue weighted by molar-refractivity contribution is 0.0472. The van der Waals surface area contributed by atoms with Crippen LogP contribution in [0.2, 0.25) is 0 Å². The van der Waals surface area contributed by atoms with Crippen molar-refractivity contribution in [3.8, 4) is 5.75 Å². The largest absolute Gasteiger partial charge is 0.491 e. The molecule has 0 amide bonds. The molecule has 7 nitrogen and oxygen atoms in total. The zero-order chi connectivity index (χ0) is 18.2. The quantitative estimate of drug-likeness (QED) is 0.596. The Morgan fingerprint density at radius 3 is 2.52 bits per heavy atom. The van der Waals surface area contributed by atoms with Crippen LogP contribution in [0.5, 0.6) is 5.75 Å². The predicted octanol–water partition coefficient (Wildman–Crippen LogP) is 2.19. The molecule has 0 unspecified atom stereocenters. The summed E-state index contributed by atoms with van der Waals surface area (Å²) >= 11 is 0. The van der Waals surface area contributed by atoms with Gasteiger partial charge in [0.25, 0.3) is 0 Å². The van der Waals surface area contributed by atoms with Gasteiger partial charge in [0, 0.05) is 0 Å². The maximum absolute atomic E-state index is 12.1. The first-order chi connectivity index (χ1) is 12.7. The molecule has 0 radical (unpaired) electrons. The van der Waals surface area contributed by atoms with Crippen molar-refractivity contribution in [1.82, 2.24) is 14.8 Å². The summed E-state index contributed by atoms with van der Waals surface area (Å²) in [6.45, 7) is 0.633. The number of ether oxygens (including phenoxy) is 2. The molecule has 8 heteroatoms. The number of esters is 1. The van der Waals surface area contributed by atoms with Crippen LogP contribution in [0.1, 0.15) is 15.9 Å². The Morgan fingerprint density at radius 1 is 1.11 bits per heavy atom. The second kappa shape index (κ2) is 10.3. The Hall–Kier alpha value is -2.84. The molecule has 0 saturated carbocycles.